The Morgan fingerprint density at radius 2 is 2.11 bits per heavy atom. The lowest BCUT2D eigenvalue weighted by Gasteiger charge is -2.34. The predicted octanol–water partition coefficient (Wildman–Crippen LogP) is 1.56. The summed E-state index contributed by atoms with van der Waals surface area (Å²) in [5.74, 6) is -1.82. The van der Waals surface area contributed by atoms with Crippen LogP contribution in [0.15, 0.2) is 11.8 Å². The highest BCUT2D eigenvalue weighted by Gasteiger charge is 2.49. The summed E-state index contributed by atoms with van der Waals surface area (Å²) in [7, 11) is 1.45. The predicted molar refractivity (Wildman–Crippen MR) is 64.3 cm³/mol. The maximum absolute atomic E-state index is 12.1. The Labute approximate surface area is 110 Å². The monoisotopic (exact) mass is 275 g/mol. The zero-order valence-electron chi connectivity index (χ0n) is 10.5. The van der Waals surface area contributed by atoms with Crippen molar-refractivity contribution < 1.29 is 24.0 Å². The van der Waals surface area contributed by atoms with Gasteiger partial charge in [-0.05, 0) is 6.42 Å². The number of quaternary nitrogens is 1. The molecule has 0 aromatic heterocycles. The lowest BCUT2D eigenvalue weighted by atomic mass is 10.1. The average Bonchev–Trinajstić information content (AvgIpc) is 2.31. The summed E-state index contributed by atoms with van der Waals surface area (Å²) in [6.45, 7) is 4.16. The van der Waals surface area contributed by atoms with Crippen LogP contribution in [0.2, 0.25) is 0 Å². The lowest BCUT2D eigenvalue weighted by Crippen LogP contribution is -2.61. The number of carbonyl (C=O) groups excluding carboxylic acids is 2. The van der Waals surface area contributed by atoms with E-state index in [0.717, 1.165) is 12.5 Å². The summed E-state index contributed by atoms with van der Waals surface area (Å²) in [4.78, 5) is 34.9. The van der Waals surface area contributed by atoms with E-state index in [1.54, 1.807) is 0 Å². The first-order valence-electron chi connectivity index (χ1n) is 5.59. The second-order valence-electron chi connectivity index (χ2n) is 4.62. The van der Waals surface area contributed by atoms with Crippen LogP contribution < -0.4 is 0 Å². The van der Waals surface area contributed by atoms with Crippen LogP contribution in [0.5, 0.6) is 0 Å². The highest BCUT2D eigenvalue weighted by molar-refractivity contribution is 6.26. The van der Waals surface area contributed by atoms with Crippen molar-refractivity contribution in [1.29, 1.82) is 0 Å². The number of halogens is 1. The number of nitrogens with zero attached hydrogens (tertiary/aromatic N) is 2. The van der Waals surface area contributed by atoms with Gasteiger partial charge < -0.3 is 5.11 Å². The minimum atomic E-state index is -1.40. The van der Waals surface area contributed by atoms with Crippen LogP contribution in [0.1, 0.15) is 20.3 Å². The number of urea groups is 1. The summed E-state index contributed by atoms with van der Waals surface area (Å²) >= 11 is 5.67. The van der Waals surface area contributed by atoms with Crippen LogP contribution in [0, 0.1) is 5.92 Å². The molecule has 0 aliphatic carbocycles. The molecule has 100 valence electrons. The van der Waals surface area contributed by atoms with Crippen LogP contribution >= 0.6 is 11.8 Å². The molecule has 0 saturated carbocycles. The Bertz CT molecular complexity index is 435. The van der Waals surface area contributed by atoms with Gasteiger partial charge in [0.2, 0.25) is 0 Å². The molecule has 0 saturated heterocycles. The number of carboxylic acids is 1. The first-order valence-corrected chi connectivity index (χ1v) is 5.93. The van der Waals surface area contributed by atoms with Crippen LogP contribution in [0.4, 0.5) is 4.79 Å². The van der Waals surface area contributed by atoms with Crippen molar-refractivity contribution >= 4 is 29.7 Å². The summed E-state index contributed by atoms with van der Waals surface area (Å²) in [6.07, 6.45) is 1.71. The van der Waals surface area contributed by atoms with Gasteiger partial charge >= 0.3 is 17.9 Å². The number of hydrogen-bond acceptors (Lipinski definition) is 3. The smallest absolute Gasteiger partial charge is 0.446 e. The fourth-order valence-electron chi connectivity index (χ4n) is 1.77. The molecule has 7 heteroatoms. The molecule has 1 aliphatic rings. The Morgan fingerprint density at radius 1 is 1.56 bits per heavy atom. The van der Waals surface area contributed by atoms with Crippen molar-refractivity contribution in [1.82, 2.24) is 4.42 Å². The van der Waals surface area contributed by atoms with Gasteiger partial charge in [-0.1, -0.05) is 13.8 Å². The van der Waals surface area contributed by atoms with Gasteiger partial charge in [0.25, 0.3) is 0 Å². The summed E-state index contributed by atoms with van der Waals surface area (Å²) in [5.41, 5.74) is -0.508. The molecular formula is C11H16ClN2O4+. The van der Waals surface area contributed by atoms with Gasteiger partial charge in [0.05, 0.1) is 19.7 Å². The molecule has 0 fully saturated rings. The van der Waals surface area contributed by atoms with Gasteiger partial charge in [-0.3, -0.25) is 0 Å². The minimum Gasteiger partial charge on any atom is -0.477 e. The zero-order valence-corrected chi connectivity index (χ0v) is 11.3. The summed E-state index contributed by atoms with van der Waals surface area (Å²) < 4.78 is -0.0264. The third-order valence-electron chi connectivity index (χ3n) is 3.14. The van der Waals surface area contributed by atoms with Crippen molar-refractivity contribution in [2.24, 2.45) is 5.92 Å². The van der Waals surface area contributed by atoms with Crippen LogP contribution in [-0.2, 0) is 9.59 Å². The standard InChI is InChI=1S/C11H15ClN2O4/c1-4-7(2)6-14(3)9(15)5-8(10(16)17)13(12)11(14)18/h5,7H,4,6H2,1-3H3/p+1. The third kappa shape index (κ3) is 2.39. The number of carboxylic acid groups (broad SMARTS) is 1. The van der Waals surface area contributed by atoms with E-state index in [0.29, 0.717) is 11.0 Å². The van der Waals surface area contributed by atoms with Gasteiger partial charge in [-0.15, -0.1) is 0 Å². The molecule has 0 spiro atoms. The van der Waals surface area contributed by atoms with Crippen molar-refractivity contribution in [3.8, 4) is 0 Å². The zero-order chi connectivity index (χ0) is 14.1. The first-order chi connectivity index (χ1) is 8.24. The van der Waals surface area contributed by atoms with E-state index in [2.05, 4.69) is 0 Å². The number of carbonyl (C=O) groups is 3. The maximum Gasteiger partial charge on any atom is 0.446 e. The molecule has 0 aromatic carbocycles. The summed E-state index contributed by atoms with van der Waals surface area (Å²) in [6, 6.07) is -0.734. The SMILES string of the molecule is CCC(C)C[N+]1(C)C(=O)C=C(C(=O)O)N(Cl)C1=O. The van der Waals surface area contributed by atoms with Crippen LogP contribution in [-0.4, -0.2) is 45.5 Å². The molecule has 1 rings (SSSR count). The quantitative estimate of drug-likeness (QED) is 0.624. The molecule has 18 heavy (non-hydrogen) atoms. The van der Waals surface area contributed by atoms with Crippen LogP contribution in [0.3, 0.4) is 0 Å². The molecule has 2 unspecified atom stereocenters. The van der Waals surface area contributed by atoms with E-state index < -0.39 is 28.1 Å². The lowest BCUT2D eigenvalue weighted by molar-refractivity contribution is -0.757. The molecule has 6 nitrogen and oxygen atoms in total. The number of amides is 3. The first kappa shape index (κ1) is 14.7. The van der Waals surface area contributed by atoms with Crippen molar-refractivity contribution in [2.45, 2.75) is 20.3 Å². The van der Waals surface area contributed by atoms with E-state index >= 15 is 0 Å². The Kier molecular flexibility index (Phi) is 4.13. The largest absolute Gasteiger partial charge is 0.477 e. The van der Waals surface area contributed by atoms with Gasteiger partial charge in [0.1, 0.15) is 0 Å². The highest BCUT2D eigenvalue weighted by Crippen LogP contribution is 2.25. The number of imide groups is 1. The van der Waals surface area contributed by atoms with Gasteiger partial charge in [0.15, 0.2) is 5.70 Å². The van der Waals surface area contributed by atoms with Crippen molar-refractivity contribution in [3.05, 3.63) is 11.8 Å². The van der Waals surface area contributed by atoms with E-state index in [1.807, 2.05) is 13.8 Å². The molecule has 1 aliphatic heterocycles. The fraction of sp³-hybridized carbons (Fsp3) is 0.545. The van der Waals surface area contributed by atoms with Gasteiger partial charge in [-0.25, -0.2) is 14.4 Å². The van der Waals surface area contributed by atoms with Crippen molar-refractivity contribution in [2.75, 3.05) is 13.6 Å². The number of hydrogen-bond donors (Lipinski definition) is 1. The summed E-state index contributed by atoms with van der Waals surface area (Å²) in [5, 5.41) is 8.84. The number of aliphatic carboxylic acids is 1. The highest BCUT2D eigenvalue weighted by atomic mass is 35.5. The molecule has 1 N–H and O–H groups in total. The molecule has 0 bridgehead atoms. The molecular weight excluding hydrogens is 260 g/mol. The Morgan fingerprint density at radius 3 is 2.56 bits per heavy atom. The minimum absolute atomic E-state index is 0.146. The third-order valence-corrected chi connectivity index (χ3v) is 3.47. The number of likely N-dealkylation sites (N-methyl/N-ethyl adjacent to an activating group) is 1. The number of rotatable bonds is 4. The molecule has 3 amide bonds. The average molecular weight is 276 g/mol. The van der Waals surface area contributed by atoms with E-state index in [1.165, 1.54) is 7.05 Å². The second-order valence-corrected chi connectivity index (χ2v) is 4.96. The second kappa shape index (κ2) is 5.07. The van der Waals surface area contributed by atoms with Gasteiger partial charge in [0, 0.05) is 17.7 Å². The molecule has 0 radical (unpaired) electrons. The fourth-order valence-corrected chi connectivity index (χ4v) is 2.06. The Balaban J connectivity index is 3.14. The Hall–Kier alpha value is -1.40. The normalized spacial score (nSPS) is 26.0. The molecule has 0 aromatic rings. The molecule has 1 heterocycles. The topological polar surface area (TPSA) is 74.7 Å². The molecule has 2 atom stereocenters. The van der Waals surface area contributed by atoms with E-state index in [4.69, 9.17) is 16.9 Å². The van der Waals surface area contributed by atoms with E-state index in [9.17, 15) is 14.4 Å². The maximum atomic E-state index is 12.1. The van der Waals surface area contributed by atoms with Gasteiger partial charge in [-0.2, -0.15) is 8.90 Å². The van der Waals surface area contributed by atoms with E-state index in [-0.39, 0.29) is 5.92 Å². The van der Waals surface area contributed by atoms with Crippen LogP contribution in [0.25, 0.3) is 0 Å². The van der Waals surface area contributed by atoms with Crippen molar-refractivity contribution in [3.63, 3.8) is 0 Å².